The minimum atomic E-state index is 0.959. The summed E-state index contributed by atoms with van der Waals surface area (Å²) in [6, 6.07) is 14.9. The molecule has 0 radical (unpaired) electrons. The number of fused-ring (bicyclic) bond motifs is 2. The molecule has 0 N–H and O–H groups in total. The Morgan fingerprint density at radius 3 is 2.76 bits per heavy atom. The molecule has 0 aliphatic rings. The molecule has 0 atom stereocenters. The minimum absolute atomic E-state index is 0.959. The smallest absolute Gasteiger partial charge is 0.199 e. The van der Waals surface area contributed by atoms with Gasteiger partial charge >= 0.3 is 0 Å². The fourth-order valence-corrected chi connectivity index (χ4v) is 3.43. The average molecular weight is 292 g/mol. The van der Waals surface area contributed by atoms with Crippen LogP contribution in [0.1, 0.15) is 5.56 Å². The highest BCUT2D eigenvalue weighted by Gasteiger charge is 2.20. The summed E-state index contributed by atoms with van der Waals surface area (Å²) in [5.74, 6) is 0. The minimum Gasteiger partial charge on any atom is -0.199 e. The third kappa shape index (κ3) is 1.83. The molecule has 102 valence electrons. The van der Waals surface area contributed by atoms with Crippen molar-refractivity contribution in [3.8, 4) is 11.3 Å². The summed E-state index contributed by atoms with van der Waals surface area (Å²) in [4.78, 5) is 0. The molecule has 0 spiro atoms. The van der Waals surface area contributed by atoms with Crippen molar-refractivity contribution in [1.29, 1.82) is 0 Å². The molecule has 0 fully saturated rings. The molecule has 4 rings (SSSR count). The van der Waals surface area contributed by atoms with E-state index in [-0.39, 0.29) is 0 Å². The van der Waals surface area contributed by atoms with Crippen molar-refractivity contribution in [2.75, 3.05) is 0 Å². The molecule has 0 amide bonds. The van der Waals surface area contributed by atoms with Crippen molar-refractivity contribution in [2.45, 2.75) is 6.92 Å². The van der Waals surface area contributed by atoms with Crippen LogP contribution in [-0.2, 0) is 7.05 Å². The Kier molecular flexibility index (Phi) is 2.72. The topological polar surface area (TPSA) is 29.7 Å². The van der Waals surface area contributed by atoms with E-state index in [0.717, 1.165) is 16.7 Å². The van der Waals surface area contributed by atoms with Crippen LogP contribution in [-0.4, -0.2) is 8.75 Å². The highest BCUT2D eigenvalue weighted by molar-refractivity contribution is 7.00. The van der Waals surface area contributed by atoms with Crippen molar-refractivity contribution in [3.63, 3.8) is 0 Å². The van der Waals surface area contributed by atoms with Gasteiger partial charge in [-0.1, -0.05) is 30.3 Å². The summed E-state index contributed by atoms with van der Waals surface area (Å²) in [5.41, 5.74) is 5.56. The summed E-state index contributed by atoms with van der Waals surface area (Å²) < 4.78 is 11.0. The first kappa shape index (κ1) is 12.4. The summed E-state index contributed by atoms with van der Waals surface area (Å²) in [6.07, 6.45) is 2.05. The van der Waals surface area contributed by atoms with Gasteiger partial charge in [0.15, 0.2) is 11.7 Å². The molecule has 4 heteroatoms. The van der Waals surface area contributed by atoms with Crippen LogP contribution in [0, 0.1) is 6.92 Å². The zero-order valence-electron chi connectivity index (χ0n) is 11.9. The Morgan fingerprint density at radius 2 is 1.86 bits per heavy atom. The van der Waals surface area contributed by atoms with Crippen LogP contribution in [0.5, 0.6) is 0 Å². The van der Waals surface area contributed by atoms with Crippen LogP contribution in [0.2, 0.25) is 0 Å². The highest BCUT2D eigenvalue weighted by atomic mass is 32.1. The predicted octanol–water partition coefficient (Wildman–Crippen LogP) is 3.64. The van der Waals surface area contributed by atoms with E-state index in [9.17, 15) is 0 Å². The summed E-state index contributed by atoms with van der Waals surface area (Å²) in [5, 5.41) is 2.56. The third-order valence-electron chi connectivity index (χ3n) is 4.00. The number of pyridine rings is 1. The van der Waals surface area contributed by atoms with E-state index in [1.165, 1.54) is 33.6 Å². The SMILES string of the molecule is Cc1c(-c2c3nsnc3cc[n+]2C)ccc2ccccc12. The van der Waals surface area contributed by atoms with Crippen LogP contribution in [0.3, 0.4) is 0 Å². The van der Waals surface area contributed by atoms with Crippen molar-refractivity contribution in [2.24, 2.45) is 7.05 Å². The van der Waals surface area contributed by atoms with Gasteiger partial charge in [-0.25, -0.2) is 0 Å². The second-order valence-corrected chi connectivity index (χ2v) is 5.76. The van der Waals surface area contributed by atoms with E-state index in [1.807, 2.05) is 12.3 Å². The average Bonchev–Trinajstić information content (AvgIpc) is 2.97. The first-order valence-electron chi connectivity index (χ1n) is 6.85. The van der Waals surface area contributed by atoms with Crippen LogP contribution in [0.25, 0.3) is 33.1 Å². The highest BCUT2D eigenvalue weighted by Crippen LogP contribution is 2.31. The number of nitrogens with zero attached hydrogens (tertiary/aromatic N) is 3. The quantitative estimate of drug-likeness (QED) is 0.501. The maximum Gasteiger partial charge on any atom is 0.241 e. The fraction of sp³-hybridized carbons (Fsp3) is 0.118. The van der Waals surface area contributed by atoms with E-state index in [1.54, 1.807) is 0 Å². The van der Waals surface area contributed by atoms with Gasteiger partial charge in [0.2, 0.25) is 5.69 Å². The summed E-state index contributed by atoms with van der Waals surface area (Å²) >= 11 is 1.27. The lowest BCUT2D eigenvalue weighted by Gasteiger charge is -2.08. The van der Waals surface area contributed by atoms with Crippen molar-refractivity contribution in [1.82, 2.24) is 8.75 Å². The van der Waals surface area contributed by atoms with Gasteiger partial charge < -0.3 is 0 Å². The van der Waals surface area contributed by atoms with E-state index in [4.69, 9.17) is 0 Å². The second-order valence-electron chi connectivity index (χ2n) is 5.23. The number of aromatic nitrogens is 3. The van der Waals surface area contributed by atoms with Gasteiger partial charge in [0.25, 0.3) is 0 Å². The molecule has 0 saturated heterocycles. The molecule has 3 nitrogen and oxygen atoms in total. The molecule has 0 aliphatic carbocycles. The van der Waals surface area contributed by atoms with Gasteiger partial charge in [-0.3, -0.25) is 0 Å². The molecule has 21 heavy (non-hydrogen) atoms. The summed E-state index contributed by atoms with van der Waals surface area (Å²) in [6.45, 7) is 2.18. The third-order valence-corrected chi connectivity index (χ3v) is 4.54. The van der Waals surface area contributed by atoms with Crippen LogP contribution in [0.4, 0.5) is 0 Å². The summed E-state index contributed by atoms with van der Waals surface area (Å²) in [7, 11) is 2.06. The van der Waals surface area contributed by atoms with E-state index < -0.39 is 0 Å². The van der Waals surface area contributed by atoms with E-state index in [2.05, 4.69) is 63.7 Å². The number of hydrogen-bond donors (Lipinski definition) is 0. The zero-order chi connectivity index (χ0) is 14.4. The van der Waals surface area contributed by atoms with Crippen molar-refractivity contribution in [3.05, 3.63) is 54.2 Å². The zero-order valence-corrected chi connectivity index (χ0v) is 12.7. The molecule has 0 bridgehead atoms. The molecule has 0 unspecified atom stereocenters. The molecule has 2 heterocycles. The Labute approximate surface area is 126 Å². The van der Waals surface area contributed by atoms with Crippen LogP contribution >= 0.6 is 11.7 Å². The maximum atomic E-state index is 4.49. The molecule has 4 aromatic rings. The fourth-order valence-electron chi connectivity index (χ4n) is 2.89. The Morgan fingerprint density at radius 1 is 1.00 bits per heavy atom. The van der Waals surface area contributed by atoms with Crippen molar-refractivity contribution < 1.29 is 4.57 Å². The molecule has 0 aliphatic heterocycles. The Hall–Kier alpha value is -2.33. The number of benzene rings is 2. The molecule has 2 aromatic carbocycles. The largest absolute Gasteiger partial charge is 0.241 e. The van der Waals surface area contributed by atoms with Gasteiger partial charge in [-0.15, -0.1) is 0 Å². The lowest BCUT2D eigenvalue weighted by Crippen LogP contribution is -2.30. The predicted molar refractivity (Wildman–Crippen MR) is 86.3 cm³/mol. The molecule has 2 aromatic heterocycles. The van der Waals surface area contributed by atoms with Crippen molar-refractivity contribution >= 4 is 33.5 Å². The van der Waals surface area contributed by atoms with Crippen LogP contribution in [0.15, 0.2) is 48.7 Å². The standard InChI is InChI=1S/C17H14N3S/c1-11-13-6-4-3-5-12(13)7-8-14(11)17-16-15(18-21-19-16)9-10-20(17)2/h3-10H,1-2H3/q+1. The van der Waals surface area contributed by atoms with Gasteiger partial charge in [0.05, 0.1) is 17.3 Å². The Bertz CT molecular complexity index is 972. The van der Waals surface area contributed by atoms with Gasteiger partial charge in [-0.05, 0) is 29.3 Å². The maximum absolute atomic E-state index is 4.49. The first-order valence-corrected chi connectivity index (χ1v) is 7.58. The monoisotopic (exact) mass is 292 g/mol. The second kappa shape index (κ2) is 4.60. The normalized spacial score (nSPS) is 11.3. The van der Waals surface area contributed by atoms with Crippen LogP contribution < -0.4 is 4.57 Å². The Balaban J connectivity index is 2.11. The molecule has 0 saturated carbocycles. The van der Waals surface area contributed by atoms with Gasteiger partial charge in [0, 0.05) is 6.07 Å². The number of rotatable bonds is 1. The molecular formula is C17H14N3S+. The number of hydrogen-bond acceptors (Lipinski definition) is 3. The van der Waals surface area contributed by atoms with Gasteiger partial charge in [0.1, 0.15) is 12.6 Å². The van der Waals surface area contributed by atoms with E-state index >= 15 is 0 Å². The van der Waals surface area contributed by atoms with E-state index in [0.29, 0.717) is 0 Å². The lowest BCUT2D eigenvalue weighted by molar-refractivity contribution is -0.659. The number of aryl methyl sites for hydroxylation is 2. The van der Waals surface area contributed by atoms with Gasteiger partial charge in [-0.2, -0.15) is 13.3 Å². The lowest BCUT2D eigenvalue weighted by atomic mass is 9.97. The molecular weight excluding hydrogens is 278 g/mol. The first-order chi connectivity index (χ1) is 10.3.